The van der Waals surface area contributed by atoms with Gasteiger partial charge < -0.3 is 18.9 Å². The first-order valence-electron chi connectivity index (χ1n) is 9.57. The predicted octanol–water partition coefficient (Wildman–Crippen LogP) is 3.51. The lowest BCUT2D eigenvalue weighted by Gasteiger charge is -2.38. The molecule has 1 aliphatic rings. The molecule has 28 heavy (non-hydrogen) atoms. The van der Waals surface area contributed by atoms with Crippen LogP contribution in [0.15, 0.2) is 34.9 Å². The average molecular weight is 386 g/mol. The molecule has 2 atom stereocenters. The second kappa shape index (κ2) is 8.91. The first kappa shape index (κ1) is 19.9. The van der Waals surface area contributed by atoms with E-state index in [1.807, 2.05) is 4.90 Å². The SMILES string of the molecule is Cc1cc(COC(=O)c2ccc(OCC(=O)N3C(C)CCCC3C)cc2)no1. The van der Waals surface area contributed by atoms with E-state index in [0.29, 0.717) is 22.8 Å². The van der Waals surface area contributed by atoms with Gasteiger partial charge in [-0.15, -0.1) is 0 Å². The summed E-state index contributed by atoms with van der Waals surface area (Å²) in [5, 5.41) is 3.78. The first-order chi connectivity index (χ1) is 13.4. The summed E-state index contributed by atoms with van der Waals surface area (Å²) >= 11 is 0. The minimum absolute atomic E-state index is 0.00825. The Morgan fingerprint density at radius 3 is 2.46 bits per heavy atom. The Morgan fingerprint density at radius 1 is 1.18 bits per heavy atom. The summed E-state index contributed by atoms with van der Waals surface area (Å²) in [5.74, 6) is 0.732. The molecule has 0 bridgehead atoms. The maximum Gasteiger partial charge on any atom is 0.338 e. The number of amides is 1. The van der Waals surface area contributed by atoms with Crippen LogP contribution in [-0.4, -0.2) is 40.6 Å². The van der Waals surface area contributed by atoms with Crippen molar-refractivity contribution in [1.82, 2.24) is 10.1 Å². The number of rotatable bonds is 6. The summed E-state index contributed by atoms with van der Waals surface area (Å²) in [6, 6.07) is 8.74. The standard InChI is InChI=1S/C21H26N2O5/c1-14-5-4-6-15(2)23(14)20(24)13-26-19-9-7-17(8-10-19)21(25)27-12-18-11-16(3)28-22-18/h7-11,14-15H,4-6,12-13H2,1-3H3. The van der Waals surface area contributed by atoms with Gasteiger partial charge in [-0.05, 0) is 64.3 Å². The summed E-state index contributed by atoms with van der Waals surface area (Å²) in [5.41, 5.74) is 0.961. The highest BCUT2D eigenvalue weighted by Crippen LogP contribution is 2.23. The molecule has 2 unspecified atom stereocenters. The van der Waals surface area contributed by atoms with Crippen molar-refractivity contribution >= 4 is 11.9 Å². The first-order valence-corrected chi connectivity index (χ1v) is 9.57. The molecule has 1 aromatic carbocycles. The number of carbonyl (C=O) groups excluding carboxylic acids is 2. The molecule has 0 saturated carbocycles. The van der Waals surface area contributed by atoms with Crippen molar-refractivity contribution in [3.63, 3.8) is 0 Å². The fourth-order valence-corrected chi connectivity index (χ4v) is 3.53. The predicted molar refractivity (Wildman–Crippen MR) is 102 cm³/mol. The number of benzene rings is 1. The Bertz CT molecular complexity index is 804. The van der Waals surface area contributed by atoms with Gasteiger partial charge in [0.05, 0.1) is 5.56 Å². The topological polar surface area (TPSA) is 81.9 Å². The summed E-state index contributed by atoms with van der Waals surface area (Å²) in [4.78, 5) is 26.5. The lowest BCUT2D eigenvalue weighted by Crippen LogP contribution is -2.49. The van der Waals surface area contributed by atoms with E-state index in [9.17, 15) is 9.59 Å². The fourth-order valence-electron chi connectivity index (χ4n) is 3.53. The largest absolute Gasteiger partial charge is 0.484 e. The molecule has 0 N–H and O–H groups in total. The van der Waals surface area contributed by atoms with Gasteiger partial charge in [0.1, 0.15) is 23.8 Å². The fraction of sp³-hybridized carbons (Fsp3) is 0.476. The van der Waals surface area contributed by atoms with Gasteiger partial charge in [0.15, 0.2) is 6.61 Å². The average Bonchev–Trinajstić information content (AvgIpc) is 3.10. The zero-order valence-electron chi connectivity index (χ0n) is 16.5. The number of nitrogens with zero attached hydrogens (tertiary/aromatic N) is 2. The normalized spacial score (nSPS) is 19.3. The van der Waals surface area contributed by atoms with Gasteiger partial charge in [-0.3, -0.25) is 4.79 Å². The lowest BCUT2D eigenvalue weighted by atomic mass is 9.97. The van der Waals surface area contributed by atoms with Crippen molar-refractivity contribution in [2.24, 2.45) is 0 Å². The Balaban J connectivity index is 1.49. The van der Waals surface area contributed by atoms with Gasteiger partial charge in [-0.2, -0.15) is 0 Å². The minimum Gasteiger partial charge on any atom is -0.484 e. The number of aryl methyl sites for hydroxylation is 1. The molecule has 2 aromatic rings. The van der Waals surface area contributed by atoms with E-state index in [0.717, 1.165) is 19.3 Å². The van der Waals surface area contributed by atoms with Gasteiger partial charge in [0.25, 0.3) is 5.91 Å². The second-order valence-electron chi connectivity index (χ2n) is 7.25. The van der Waals surface area contributed by atoms with E-state index >= 15 is 0 Å². The quantitative estimate of drug-likeness (QED) is 0.707. The zero-order valence-corrected chi connectivity index (χ0v) is 16.5. The third-order valence-electron chi connectivity index (χ3n) is 4.96. The number of esters is 1. The number of aromatic nitrogens is 1. The van der Waals surface area contributed by atoms with Crippen LogP contribution in [0.4, 0.5) is 0 Å². The molecule has 1 aliphatic heterocycles. The van der Waals surface area contributed by atoms with E-state index in [1.165, 1.54) is 0 Å². The maximum absolute atomic E-state index is 12.5. The minimum atomic E-state index is -0.459. The molecule has 1 fully saturated rings. The number of hydrogen-bond donors (Lipinski definition) is 0. The van der Waals surface area contributed by atoms with E-state index < -0.39 is 5.97 Å². The number of ether oxygens (including phenoxy) is 2. The molecular weight excluding hydrogens is 360 g/mol. The Labute approximate surface area is 164 Å². The van der Waals surface area contributed by atoms with Gasteiger partial charge in [-0.25, -0.2) is 4.79 Å². The highest BCUT2D eigenvalue weighted by molar-refractivity contribution is 5.89. The molecule has 150 valence electrons. The number of likely N-dealkylation sites (tertiary alicyclic amines) is 1. The van der Waals surface area contributed by atoms with Crippen molar-refractivity contribution in [3.05, 3.63) is 47.3 Å². The Kier molecular flexibility index (Phi) is 6.34. The maximum atomic E-state index is 12.5. The van der Waals surface area contributed by atoms with Crippen molar-refractivity contribution in [1.29, 1.82) is 0 Å². The van der Waals surface area contributed by atoms with Crippen LogP contribution in [0.25, 0.3) is 0 Å². The Hall–Kier alpha value is -2.83. The van der Waals surface area contributed by atoms with E-state index in [1.54, 1.807) is 37.3 Å². The lowest BCUT2D eigenvalue weighted by molar-refractivity contribution is -0.139. The van der Waals surface area contributed by atoms with Crippen LogP contribution in [-0.2, 0) is 16.1 Å². The molecule has 0 spiro atoms. The Morgan fingerprint density at radius 2 is 1.86 bits per heavy atom. The molecule has 1 aromatic heterocycles. The highest BCUT2D eigenvalue weighted by atomic mass is 16.5. The molecule has 3 rings (SSSR count). The van der Waals surface area contributed by atoms with Gasteiger partial charge in [-0.1, -0.05) is 5.16 Å². The molecule has 1 amide bonds. The number of carbonyl (C=O) groups is 2. The van der Waals surface area contributed by atoms with Crippen molar-refractivity contribution in [2.45, 2.75) is 58.7 Å². The van der Waals surface area contributed by atoms with Crippen LogP contribution in [0.5, 0.6) is 5.75 Å². The third kappa shape index (κ3) is 4.91. The molecule has 0 radical (unpaired) electrons. The molecule has 7 nitrogen and oxygen atoms in total. The van der Waals surface area contributed by atoms with Crippen molar-refractivity contribution in [2.75, 3.05) is 6.61 Å². The molecule has 7 heteroatoms. The molecular formula is C21H26N2O5. The van der Waals surface area contributed by atoms with Crippen LogP contribution in [0, 0.1) is 6.92 Å². The molecule has 1 saturated heterocycles. The van der Waals surface area contributed by atoms with Crippen molar-refractivity contribution in [3.8, 4) is 5.75 Å². The summed E-state index contributed by atoms with van der Waals surface area (Å²) in [7, 11) is 0. The monoisotopic (exact) mass is 386 g/mol. The second-order valence-corrected chi connectivity index (χ2v) is 7.25. The van der Waals surface area contributed by atoms with Crippen LogP contribution < -0.4 is 4.74 Å². The van der Waals surface area contributed by atoms with Gasteiger partial charge in [0.2, 0.25) is 0 Å². The molecule has 2 heterocycles. The van der Waals surface area contributed by atoms with Crippen LogP contribution in [0.3, 0.4) is 0 Å². The van der Waals surface area contributed by atoms with Crippen LogP contribution in [0.1, 0.15) is 54.9 Å². The van der Waals surface area contributed by atoms with Gasteiger partial charge in [0, 0.05) is 18.2 Å². The van der Waals surface area contributed by atoms with E-state index in [-0.39, 0.29) is 31.2 Å². The smallest absolute Gasteiger partial charge is 0.338 e. The molecule has 0 aliphatic carbocycles. The summed E-state index contributed by atoms with van der Waals surface area (Å²) in [6.45, 7) is 5.97. The summed E-state index contributed by atoms with van der Waals surface area (Å²) < 4.78 is 15.8. The van der Waals surface area contributed by atoms with Crippen LogP contribution >= 0.6 is 0 Å². The van der Waals surface area contributed by atoms with E-state index in [2.05, 4.69) is 19.0 Å². The van der Waals surface area contributed by atoms with E-state index in [4.69, 9.17) is 14.0 Å². The third-order valence-corrected chi connectivity index (χ3v) is 4.96. The highest BCUT2D eigenvalue weighted by Gasteiger charge is 2.28. The summed E-state index contributed by atoms with van der Waals surface area (Å²) in [6.07, 6.45) is 3.21. The number of piperidine rings is 1. The zero-order chi connectivity index (χ0) is 20.1. The van der Waals surface area contributed by atoms with Gasteiger partial charge >= 0.3 is 5.97 Å². The van der Waals surface area contributed by atoms with Crippen LogP contribution in [0.2, 0.25) is 0 Å². The number of hydrogen-bond acceptors (Lipinski definition) is 6. The van der Waals surface area contributed by atoms with Crippen molar-refractivity contribution < 1.29 is 23.6 Å².